The average molecular weight is 619 g/mol. The van der Waals surface area contributed by atoms with Gasteiger partial charge in [0, 0.05) is 9.79 Å². The predicted molar refractivity (Wildman–Crippen MR) is 133 cm³/mol. The predicted octanol–water partition coefficient (Wildman–Crippen LogP) is 8.96. The fraction of sp³-hybridized carbons (Fsp3) is 0.308. The zero-order valence-corrected chi connectivity index (χ0v) is 22.7. The van der Waals surface area contributed by atoms with E-state index in [0.29, 0.717) is 5.56 Å². The largest absolute Gasteiger partial charge is 0.460 e. The first-order valence-electron chi connectivity index (χ1n) is 11.2. The lowest BCUT2D eigenvalue weighted by Gasteiger charge is -2.32. The molecule has 0 unspecified atom stereocenters. The summed E-state index contributed by atoms with van der Waals surface area (Å²) in [5.74, 6) is -15.6. The Morgan fingerprint density at radius 3 is 1.35 bits per heavy atom. The maximum atomic E-state index is 13.5. The highest BCUT2D eigenvalue weighted by atomic mass is 32.2. The van der Waals surface area contributed by atoms with Gasteiger partial charge in [0.25, 0.3) is 0 Å². The van der Waals surface area contributed by atoms with Crippen molar-refractivity contribution in [2.45, 2.75) is 59.3 Å². The minimum absolute atomic E-state index is 0.483. The Morgan fingerprint density at radius 1 is 0.600 bits per heavy atom. The molecule has 14 heteroatoms. The first-order chi connectivity index (χ1) is 18.1. The van der Waals surface area contributed by atoms with Crippen LogP contribution < -0.4 is 4.18 Å². The van der Waals surface area contributed by atoms with Gasteiger partial charge in [-0.15, -0.1) is 0 Å². The van der Waals surface area contributed by atoms with Crippen molar-refractivity contribution in [1.82, 2.24) is 0 Å². The van der Waals surface area contributed by atoms with Gasteiger partial charge in [-0.1, -0.05) is 81.1 Å². The fourth-order valence-electron chi connectivity index (χ4n) is 2.82. The van der Waals surface area contributed by atoms with Gasteiger partial charge in [-0.05, 0) is 47.4 Å². The van der Waals surface area contributed by atoms with Crippen LogP contribution in [0.4, 0.5) is 39.5 Å². The van der Waals surface area contributed by atoms with Crippen molar-refractivity contribution in [3.63, 3.8) is 0 Å². The van der Waals surface area contributed by atoms with Gasteiger partial charge in [-0.25, -0.2) is 0 Å². The van der Waals surface area contributed by atoms with Gasteiger partial charge in [0.05, 0.1) is 0 Å². The zero-order chi connectivity index (χ0) is 30.6. The van der Waals surface area contributed by atoms with Crippen LogP contribution in [0.1, 0.15) is 26.3 Å². The summed E-state index contributed by atoms with van der Waals surface area (Å²) < 4.78 is 142. The van der Waals surface area contributed by atoms with E-state index in [2.05, 4.69) is 52.7 Å². The van der Waals surface area contributed by atoms with Crippen LogP contribution in [0.2, 0.25) is 0 Å². The topological polar surface area (TPSA) is 43.4 Å². The SMILES string of the molecule is CC(C)(C)c1ccc(OS(=O)(=O)C(F)(F)C(F)(F)C(F)(F)C(F)(F)F)cc1.c1ccc(Sc2ccccc2)cc1. The van der Waals surface area contributed by atoms with Crippen molar-refractivity contribution in [2.24, 2.45) is 0 Å². The van der Waals surface area contributed by atoms with Crippen LogP contribution in [0.25, 0.3) is 0 Å². The summed E-state index contributed by atoms with van der Waals surface area (Å²) in [6, 6.07) is 24.7. The molecule has 0 amide bonds. The number of benzene rings is 3. The number of hydrogen-bond acceptors (Lipinski definition) is 4. The van der Waals surface area contributed by atoms with Crippen molar-refractivity contribution in [3.8, 4) is 5.75 Å². The minimum Gasteiger partial charge on any atom is -0.378 e. The molecular formula is C26H23F9O3S2. The average Bonchev–Trinajstić information content (AvgIpc) is 2.84. The molecule has 40 heavy (non-hydrogen) atoms. The van der Waals surface area contributed by atoms with E-state index in [1.807, 2.05) is 12.1 Å². The summed E-state index contributed by atoms with van der Waals surface area (Å²) in [7, 11) is -6.93. The van der Waals surface area contributed by atoms with Gasteiger partial charge in [0.2, 0.25) is 0 Å². The van der Waals surface area contributed by atoms with E-state index in [1.54, 1.807) is 32.5 Å². The Balaban J connectivity index is 0.000000355. The molecule has 3 nitrogen and oxygen atoms in total. The molecule has 3 rings (SSSR count). The van der Waals surface area contributed by atoms with Crippen molar-refractivity contribution < 1.29 is 52.1 Å². The van der Waals surface area contributed by atoms with Crippen LogP contribution in [0.15, 0.2) is 94.7 Å². The van der Waals surface area contributed by atoms with Gasteiger partial charge in [0.1, 0.15) is 5.75 Å². The molecule has 0 spiro atoms. The molecule has 0 atom stereocenters. The number of rotatable bonds is 7. The summed E-state index contributed by atoms with van der Waals surface area (Å²) in [6.45, 7) is 5.15. The van der Waals surface area contributed by atoms with E-state index >= 15 is 0 Å². The van der Waals surface area contributed by atoms with Crippen LogP contribution >= 0.6 is 11.8 Å². The van der Waals surface area contributed by atoms with Crippen molar-refractivity contribution in [2.75, 3.05) is 0 Å². The van der Waals surface area contributed by atoms with Crippen LogP contribution in [0.5, 0.6) is 5.75 Å². The van der Waals surface area contributed by atoms with Crippen LogP contribution in [0.3, 0.4) is 0 Å². The van der Waals surface area contributed by atoms with E-state index in [9.17, 15) is 47.9 Å². The second-order valence-electron chi connectivity index (χ2n) is 9.20. The molecule has 0 aliphatic rings. The van der Waals surface area contributed by atoms with Crippen LogP contribution in [0, 0.1) is 0 Å². The molecule has 0 aliphatic carbocycles. The van der Waals surface area contributed by atoms with Gasteiger partial charge < -0.3 is 4.18 Å². The Hall–Kier alpha value is -2.87. The molecule has 0 saturated heterocycles. The highest BCUT2D eigenvalue weighted by molar-refractivity contribution is 7.99. The minimum atomic E-state index is -7.34. The maximum absolute atomic E-state index is 13.5. The van der Waals surface area contributed by atoms with Gasteiger partial charge >= 0.3 is 33.4 Å². The molecule has 220 valence electrons. The quantitative estimate of drug-likeness (QED) is 0.196. The smallest absolute Gasteiger partial charge is 0.378 e. The first-order valence-corrected chi connectivity index (χ1v) is 13.4. The second-order valence-corrected chi connectivity index (χ2v) is 11.9. The fourth-order valence-corrected chi connectivity index (χ4v) is 4.59. The highest BCUT2D eigenvalue weighted by Crippen LogP contribution is 2.55. The summed E-state index contributed by atoms with van der Waals surface area (Å²) in [5, 5.41) is -6.89. The van der Waals surface area contributed by atoms with E-state index in [-0.39, 0.29) is 0 Å². The third-order valence-corrected chi connectivity index (χ3v) is 7.39. The Bertz CT molecular complexity index is 1300. The molecule has 0 aliphatic heterocycles. The first kappa shape index (κ1) is 33.3. The van der Waals surface area contributed by atoms with Crippen LogP contribution in [-0.2, 0) is 15.5 Å². The summed E-state index contributed by atoms with van der Waals surface area (Å²) in [4.78, 5) is 2.57. The molecule has 3 aromatic carbocycles. The lowest BCUT2D eigenvalue weighted by atomic mass is 9.87. The third-order valence-electron chi connectivity index (χ3n) is 5.08. The summed E-state index contributed by atoms with van der Waals surface area (Å²) in [6.07, 6.45) is -7.14. The van der Waals surface area contributed by atoms with Crippen LogP contribution in [-0.4, -0.2) is 31.7 Å². The van der Waals surface area contributed by atoms with Crippen molar-refractivity contribution >= 4 is 21.9 Å². The van der Waals surface area contributed by atoms with Crippen molar-refractivity contribution in [1.29, 1.82) is 0 Å². The van der Waals surface area contributed by atoms with E-state index < -0.39 is 44.6 Å². The van der Waals surface area contributed by atoms with E-state index in [4.69, 9.17) is 0 Å². The maximum Gasteiger partial charge on any atom is 0.460 e. The summed E-state index contributed by atoms with van der Waals surface area (Å²) >= 11 is 1.79. The molecular weight excluding hydrogens is 595 g/mol. The van der Waals surface area contributed by atoms with Gasteiger partial charge in [-0.3, -0.25) is 0 Å². The summed E-state index contributed by atoms with van der Waals surface area (Å²) in [5.41, 5.74) is 0.0521. The molecule has 0 radical (unpaired) electrons. The molecule has 0 aromatic heterocycles. The standard InChI is InChI=1S/C14H13F9O3S.C12H10S/c1-10(2,3)8-4-6-9(7-5-8)26-27(24,25)14(22,23)12(17,18)11(15,16)13(19,20)21;1-3-7-11(8-4-1)13-12-9-5-2-6-10-12/h4-7H,1-3H3;1-10H. The molecule has 0 heterocycles. The van der Waals surface area contributed by atoms with E-state index in [0.717, 1.165) is 12.1 Å². The molecule has 0 bridgehead atoms. The molecule has 0 saturated carbocycles. The Kier molecular flexibility index (Phi) is 9.94. The monoisotopic (exact) mass is 618 g/mol. The molecule has 0 N–H and O–H groups in total. The van der Waals surface area contributed by atoms with E-state index in [1.165, 1.54) is 21.9 Å². The third kappa shape index (κ3) is 7.45. The molecule has 3 aromatic rings. The lowest BCUT2D eigenvalue weighted by molar-refractivity contribution is -0.382. The highest BCUT2D eigenvalue weighted by Gasteiger charge is 2.86. The van der Waals surface area contributed by atoms with Gasteiger partial charge in [0.15, 0.2) is 0 Å². The second kappa shape index (κ2) is 11.9. The number of alkyl halides is 9. The van der Waals surface area contributed by atoms with Gasteiger partial charge in [-0.2, -0.15) is 47.9 Å². The zero-order valence-electron chi connectivity index (χ0n) is 21.0. The Morgan fingerprint density at radius 2 is 1.00 bits per heavy atom. The number of hydrogen-bond donors (Lipinski definition) is 0. The molecule has 0 fully saturated rings. The normalized spacial score (nSPS) is 13.3. The van der Waals surface area contributed by atoms with Crippen molar-refractivity contribution in [3.05, 3.63) is 90.5 Å². The Labute approximate surface area is 229 Å². The lowest BCUT2D eigenvalue weighted by Crippen LogP contribution is -2.63. The number of halogens is 9.